The van der Waals surface area contributed by atoms with Crippen molar-refractivity contribution in [2.45, 2.75) is 20.8 Å². The second kappa shape index (κ2) is 7.12. The topological polar surface area (TPSA) is 67.8 Å². The van der Waals surface area contributed by atoms with E-state index in [1.165, 1.54) is 16.5 Å². The van der Waals surface area contributed by atoms with Crippen molar-refractivity contribution >= 4 is 10.9 Å². The molecule has 0 spiro atoms. The number of benzene rings is 1. The molecule has 0 aliphatic heterocycles. The summed E-state index contributed by atoms with van der Waals surface area (Å²) in [6.07, 6.45) is 1.97. The molecule has 1 aromatic heterocycles. The largest absolute Gasteiger partial charge is 0.361 e. The summed E-state index contributed by atoms with van der Waals surface area (Å²) in [4.78, 5) is 3.19. The molecule has 0 fully saturated rings. The Balaban J connectivity index is 0.000000379. The molecule has 0 atom stereocenters. The Hall–Kier alpha value is -1.32. The Morgan fingerprint density at radius 1 is 1.07 bits per heavy atom. The van der Waals surface area contributed by atoms with E-state index in [2.05, 4.69) is 47.9 Å². The molecule has 0 aliphatic carbocycles. The Kier molecular flexibility index (Phi) is 6.45. The number of fused-ring (bicyclic) bond motifs is 1. The molecule has 1 aromatic carbocycles. The van der Waals surface area contributed by atoms with Gasteiger partial charge in [0.25, 0.3) is 0 Å². The van der Waals surface area contributed by atoms with Crippen LogP contribution in [0, 0.1) is 6.92 Å². The van der Waals surface area contributed by atoms with Crippen LogP contribution in [0.3, 0.4) is 0 Å². The van der Waals surface area contributed by atoms with E-state index in [1.807, 2.05) is 20.0 Å². The average Bonchev–Trinajstić information content (AvgIpc) is 2.73. The maximum atomic E-state index is 4.00. The molecule has 0 saturated heterocycles. The van der Waals surface area contributed by atoms with Gasteiger partial charge in [-0.05, 0) is 23.9 Å². The summed E-state index contributed by atoms with van der Waals surface area (Å²) in [6, 6.07) is 8.38. The zero-order valence-electron chi connectivity index (χ0n) is 9.04. The van der Waals surface area contributed by atoms with Crippen molar-refractivity contribution in [3.8, 4) is 0 Å². The van der Waals surface area contributed by atoms with E-state index in [1.54, 1.807) is 0 Å². The van der Waals surface area contributed by atoms with Gasteiger partial charge in [-0.3, -0.25) is 11.7 Å². The molecule has 0 unspecified atom stereocenters. The molecule has 0 aliphatic rings. The van der Waals surface area contributed by atoms with Crippen molar-refractivity contribution in [1.82, 2.24) is 4.98 Å². The fraction of sp³-hybridized carbons (Fsp3) is 0.273. The van der Waals surface area contributed by atoms with Crippen LogP contribution in [-0.4, -0.2) is 4.98 Å². The Morgan fingerprint density at radius 3 is 2.29 bits per heavy atom. The van der Waals surface area contributed by atoms with E-state index >= 15 is 0 Å². The fourth-order valence-corrected chi connectivity index (χ4v) is 1.24. The maximum absolute atomic E-state index is 4.00. The first kappa shape index (κ1) is 12.7. The van der Waals surface area contributed by atoms with Crippen molar-refractivity contribution in [2.75, 3.05) is 0 Å². The minimum absolute atomic E-state index is 1.25. The third kappa shape index (κ3) is 2.87. The lowest BCUT2D eigenvalue weighted by atomic mass is 10.2. The molecule has 2 aromatic rings. The highest BCUT2D eigenvalue weighted by Crippen LogP contribution is 2.14. The van der Waals surface area contributed by atoms with Crippen molar-refractivity contribution in [3.63, 3.8) is 0 Å². The number of aromatic nitrogens is 1. The van der Waals surface area contributed by atoms with Crippen LogP contribution in [0.1, 0.15) is 19.4 Å². The summed E-state index contributed by atoms with van der Waals surface area (Å²) in [5.41, 5.74) is 2.56. The van der Waals surface area contributed by atoms with Gasteiger partial charge < -0.3 is 4.98 Å². The lowest BCUT2D eigenvalue weighted by Crippen LogP contribution is -2.02. The van der Waals surface area contributed by atoms with Gasteiger partial charge in [-0.15, -0.1) is 0 Å². The van der Waals surface area contributed by atoms with Gasteiger partial charge in [0.05, 0.1) is 0 Å². The average molecular weight is 193 g/mol. The van der Waals surface area contributed by atoms with Crippen LogP contribution in [0.4, 0.5) is 0 Å². The molecular weight excluding hydrogens is 174 g/mol. The van der Waals surface area contributed by atoms with Crippen LogP contribution < -0.4 is 11.7 Å². The standard InChI is InChI=1S/C9H9N.C2H6.H4N2/c1-7-3-2-4-8-5-6-10-9(7)8;2*1-2/h2-6,10H,1H3;1-2H3;1-2H2. The predicted molar refractivity (Wildman–Crippen MR) is 62.8 cm³/mol. The van der Waals surface area contributed by atoms with Gasteiger partial charge in [0.1, 0.15) is 0 Å². The zero-order chi connectivity index (χ0) is 11.0. The van der Waals surface area contributed by atoms with Gasteiger partial charge in [0, 0.05) is 11.7 Å². The lowest BCUT2D eigenvalue weighted by molar-refractivity contribution is 1.26. The normalized spacial score (nSPS) is 8.36. The van der Waals surface area contributed by atoms with Gasteiger partial charge in [0.2, 0.25) is 0 Å². The van der Waals surface area contributed by atoms with Crippen LogP contribution in [0.25, 0.3) is 10.9 Å². The number of aryl methyl sites for hydroxylation is 1. The van der Waals surface area contributed by atoms with Gasteiger partial charge in [0.15, 0.2) is 0 Å². The third-order valence-electron chi connectivity index (χ3n) is 1.80. The van der Waals surface area contributed by atoms with Crippen LogP contribution in [0.5, 0.6) is 0 Å². The van der Waals surface area contributed by atoms with Crippen LogP contribution in [0.2, 0.25) is 0 Å². The predicted octanol–water partition coefficient (Wildman–Crippen LogP) is 2.32. The molecular formula is C11H19N3. The van der Waals surface area contributed by atoms with E-state index in [9.17, 15) is 0 Å². The van der Waals surface area contributed by atoms with Crippen molar-refractivity contribution < 1.29 is 0 Å². The summed E-state index contributed by atoms with van der Waals surface area (Å²) in [7, 11) is 0. The number of hydrogen-bond donors (Lipinski definition) is 3. The summed E-state index contributed by atoms with van der Waals surface area (Å²) in [5.74, 6) is 8.00. The van der Waals surface area contributed by atoms with Crippen LogP contribution in [-0.2, 0) is 0 Å². The summed E-state index contributed by atoms with van der Waals surface area (Å²) in [6.45, 7) is 6.11. The highest BCUT2D eigenvalue weighted by molar-refractivity contribution is 5.82. The minimum Gasteiger partial charge on any atom is -0.361 e. The van der Waals surface area contributed by atoms with Crippen LogP contribution >= 0.6 is 0 Å². The number of hydrogen-bond acceptors (Lipinski definition) is 2. The second-order valence-corrected chi connectivity index (χ2v) is 2.52. The van der Waals surface area contributed by atoms with E-state index in [0.29, 0.717) is 0 Å². The summed E-state index contributed by atoms with van der Waals surface area (Å²) in [5, 5.41) is 1.29. The maximum Gasteiger partial charge on any atom is 0.0483 e. The van der Waals surface area contributed by atoms with Crippen molar-refractivity contribution in [2.24, 2.45) is 11.7 Å². The van der Waals surface area contributed by atoms with E-state index in [0.717, 1.165) is 0 Å². The first-order valence-corrected chi connectivity index (χ1v) is 4.74. The fourth-order valence-electron chi connectivity index (χ4n) is 1.24. The number of rotatable bonds is 0. The van der Waals surface area contributed by atoms with Crippen molar-refractivity contribution in [1.29, 1.82) is 0 Å². The molecule has 0 amide bonds. The molecule has 78 valence electrons. The molecule has 2 rings (SSSR count). The molecule has 0 radical (unpaired) electrons. The quantitative estimate of drug-likeness (QED) is 0.444. The number of aromatic amines is 1. The Bertz CT molecular complexity index is 352. The van der Waals surface area contributed by atoms with Gasteiger partial charge in [-0.2, -0.15) is 0 Å². The number of nitrogens with two attached hydrogens (primary N) is 2. The molecule has 0 bridgehead atoms. The minimum atomic E-state index is 1.25. The van der Waals surface area contributed by atoms with E-state index < -0.39 is 0 Å². The number of para-hydroxylation sites is 1. The van der Waals surface area contributed by atoms with Gasteiger partial charge in [-0.1, -0.05) is 32.0 Å². The van der Waals surface area contributed by atoms with Gasteiger partial charge >= 0.3 is 0 Å². The highest BCUT2D eigenvalue weighted by atomic mass is 15.0. The third-order valence-corrected chi connectivity index (χ3v) is 1.80. The summed E-state index contributed by atoms with van der Waals surface area (Å²) >= 11 is 0. The van der Waals surface area contributed by atoms with E-state index in [4.69, 9.17) is 0 Å². The second-order valence-electron chi connectivity index (χ2n) is 2.52. The summed E-state index contributed by atoms with van der Waals surface area (Å²) < 4.78 is 0. The molecule has 5 N–H and O–H groups in total. The van der Waals surface area contributed by atoms with Crippen molar-refractivity contribution in [3.05, 3.63) is 36.0 Å². The SMILES string of the molecule is CC.Cc1cccc2cc[nH]c12.NN. The molecule has 3 nitrogen and oxygen atoms in total. The first-order chi connectivity index (χ1) is 6.88. The van der Waals surface area contributed by atoms with E-state index in [-0.39, 0.29) is 0 Å². The Morgan fingerprint density at radius 2 is 1.71 bits per heavy atom. The number of H-pyrrole nitrogens is 1. The highest BCUT2D eigenvalue weighted by Gasteiger charge is 1.93. The lowest BCUT2D eigenvalue weighted by Gasteiger charge is -1.92. The molecule has 1 heterocycles. The number of hydrazine groups is 1. The number of nitrogens with one attached hydrogen (secondary N) is 1. The molecule has 0 saturated carbocycles. The smallest absolute Gasteiger partial charge is 0.0483 e. The Labute approximate surface area is 85.1 Å². The monoisotopic (exact) mass is 193 g/mol. The van der Waals surface area contributed by atoms with Crippen LogP contribution in [0.15, 0.2) is 30.5 Å². The first-order valence-electron chi connectivity index (χ1n) is 4.74. The van der Waals surface area contributed by atoms with Gasteiger partial charge in [-0.25, -0.2) is 0 Å². The zero-order valence-corrected chi connectivity index (χ0v) is 9.04. The molecule has 3 heteroatoms. The molecule has 14 heavy (non-hydrogen) atoms.